The highest BCUT2D eigenvalue weighted by molar-refractivity contribution is 7.89. The Morgan fingerprint density at radius 2 is 2.00 bits per heavy atom. The van der Waals surface area contributed by atoms with E-state index in [4.69, 9.17) is 16.3 Å². The smallest absolute Gasteiger partial charge is 0.243 e. The number of nitrogens with one attached hydrogen (secondary N) is 1. The third-order valence-electron chi connectivity index (χ3n) is 4.60. The van der Waals surface area contributed by atoms with Crippen LogP contribution in [0.2, 0.25) is 5.02 Å². The van der Waals surface area contributed by atoms with E-state index in [-0.39, 0.29) is 15.5 Å². The summed E-state index contributed by atoms with van der Waals surface area (Å²) in [7, 11) is -3.60. The fourth-order valence-corrected chi connectivity index (χ4v) is 5.33. The number of thiazole rings is 1. The van der Waals surface area contributed by atoms with Gasteiger partial charge >= 0.3 is 0 Å². The van der Waals surface area contributed by atoms with E-state index in [9.17, 15) is 12.8 Å². The van der Waals surface area contributed by atoms with Gasteiger partial charge in [0.2, 0.25) is 15.2 Å². The van der Waals surface area contributed by atoms with Crippen LogP contribution in [0.25, 0.3) is 11.3 Å². The first-order valence-corrected chi connectivity index (χ1v) is 12.0. The van der Waals surface area contributed by atoms with Crippen LogP contribution in [0.4, 0.5) is 9.52 Å². The number of hydrazone groups is 1. The molecule has 1 N–H and O–H groups in total. The number of hydrogen-bond donors (Lipinski definition) is 1. The van der Waals surface area contributed by atoms with Gasteiger partial charge in [-0.3, -0.25) is 5.43 Å². The van der Waals surface area contributed by atoms with E-state index in [2.05, 4.69) is 15.5 Å². The number of aromatic nitrogens is 1. The molecule has 1 aliphatic rings. The molecule has 1 fully saturated rings. The Hall–Kier alpha value is -2.37. The molecule has 0 atom stereocenters. The number of nitrogens with zero attached hydrogens (tertiary/aromatic N) is 3. The lowest BCUT2D eigenvalue weighted by Gasteiger charge is -2.26. The van der Waals surface area contributed by atoms with E-state index >= 15 is 0 Å². The van der Waals surface area contributed by atoms with Crippen molar-refractivity contribution in [2.24, 2.45) is 5.10 Å². The number of hydrogen-bond acceptors (Lipinski definition) is 7. The minimum Gasteiger partial charge on any atom is -0.379 e. The van der Waals surface area contributed by atoms with E-state index in [1.54, 1.807) is 35.7 Å². The molecule has 11 heteroatoms. The molecule has 0 unspecified atom stereocenters. The van der Waals surface area contributed by atoms with Gasteiger partial charge in [-0.1, -0.05) is 29.8 Å². The highest BCUT2D eigenvalue weighted by Crippen LogP contribution is 2.28. The molecule has 2 heterocycles. The third kappa shape index (κ3) is 4.94. The number of morpholine rings is 1. The summed E-state index contributed by atoms with van der Waals surface area (Å²) in [5.74, 6) is -0.476. The van der Waals surface area contributed by atoms with Gasteiger partial charge in [-0.2, -0.15) is 9.41 Å². The molecule has 1 saturated heterocycles. The summed E-state index contributed by atoms with van der Waals surface area (Å²) < 4.78 is 46.2. The zero-order valence-electron chi connectivity index (χ0n) is 16.2. The molecule has 0 amide bonds. The minimum absolute atomic E-state index is 0.175. The van der Waals surface area contributed by atoms with E-state index in [0.29, 0.717) is 42.7 Å². The van der Waals surface area contributed by atoms with Crippen LogP contribution < -0.4 is 5.43 Å². The van der Waals surface area contributed by atoms with Crippen molar-refractivity contribution >= 4 is 44.3 Å². The number of ether oxygens (including phenoxy) is 1. The fraction of sp³-hybridized carbons (Fsp3) is 0.200. The zero-order valence-corrected chi connectivity index (χ0v) is 18.6. The van der Waals surface area contributed by atoms with Gasteiger partial charge in [-0.15, -0.1) is 11.3 Å². The zero-order chi connectivity index (χ0) is 21.8. The molecule has 0 radical (unpaired) electrons. The lowest BCUT2D eigenvalue weighted by Crippen LogP contribution is -2.40. The minimum atomic E-state index is -3.60. The SMILES string of the molecule is O=S(=O)(c1cccc(-c2csc(NN=Cc3c(F)cccc3Cl)n2)c1)N1CCOCC1. The molecule has 0 bridgehead atoms. The molecular formula is C20H18ClFN4O3S2. The van der Waals surface area contributed by atoms with Crippen molar-refractivity contribution < 1.29 is 17.5 Å². The molecule has 162 valence electrons. The van der Waals surface area contributed by atoms with Gasteiger partial charge in [-0.25, -0.2) is 17.8 Å². The second kappa shape index (κ2) is 9.41. The number of sulfonamides is 1. The van der Waals surface area contributed by atoms with Gasteiger partial charge in [0.25, 0.3) is 0 Å². The van der Waals surface area contributed by atoms with Crippen LogP contribution in [-0.2, 0) is 14.8 Å². The van der Waals surface area contributed by atoms with Crippen LogP contribution in [-0.4, -0.2) is 50.2 Å². The van der Waals surface area contributed by atoms with Crippen LogP contribution in [0.5, 0.6) is 0 Å². The standard InChI is InChI=1S/C20H18ClFN4O3S2/c21-17-5-2-6-18(22)16(17)12-23-25-20-24-19(13-30-20)14-3-1-4-15(11-14)31(27,28)26-7-9-29-10-8-26/h1-6,11-13H,7-10H2,(H,24,25). The first kappa shape index (κ1) is 21.8. The summed E-state index contributed by atoms with van der Waals surface area (Å²) in [6.45, 7) is 1.44. The van der Waals surface area contributed by atoms with Crippen molar-refractivity contribution in [1.29, 1.82) is 0 Å². The van der Waals surface area contributed by atoms with E-state index < -0.39 is 15.8 Å². The second-order valence-electron chi connectivity index (χ2n) is 6.59. The molecular weight excluding hydrogens is 463 g/mol. The maximum absolute atomic E-state index is 13.8. The molecule has 0 spiro atoms. The third-order valence-corrected chi connectivity index (χ3v) is 7.57. The van der Waals surface area contributed by atoms with Crippen molar-refractivity contribution in [3.8, 4) is 11.3 Å². The lowest BCUT2D eigenvalue weighted by molar-refractivity contribution is 0.0730. The van der Waals surface area contributed by atoms with Crippen molar-refractivity contribution in [2.45, 2.75) is 4.90 Å². The Morgan fingerprint density at radius 3 is 2.77 bits per heavy atom. The number of anilines is 1. The van der Waals surface area contributed by atoms with E-state index in [1.807, 2.05) is 0 Å². The van der Waals surface area contributed by atoms with Crippen molar-refractivity contribution in [3.05, 3.63) is 64.2 Å². The van der Waals surface area contributed by atoms with Gasteiger partial charge in [-0.05, 0) is 24.3 Å². The summed E-state index contributed by atoms with van der Waals surface area (Å²) in [5, 5.41) is 6.50. The van der Waals surface area contributed by atoms with Gasteiger partial charge < -0.3 is 4.74 Å². The number of halogens is 2. The van der Waals surface area contributed by atoms with E-state index in [1.165, 1.54) is 34.0 Å². The van der Waals surface area contributed by atoms with Gasteiger partial charge in [0.05, 0.1) is 35.0 Å². The normalized spacial score (nSPS) is 15.4. The molecule has 1 aliphatic heterocycles. The average Bonchev–Trinajstić information content (AvgIpc) is 3.25. The maximum atomic E-state index is 13.8. The van der Waals surface area contributed by atoms with Crippen LogP contribution in [0.1, 0.15) is 5.56 Å². The summed E-state index contributed by atoms with van der Waals surface area (Å²) in [4.78, 5) is 4.64. The molecule has 2 aromatic carbocycles. The highest BCUT2D eigenvalue weighted by Gasteiger charge is 2.26. The molecule has 4 rings (SSSR count). The molecule has 3 aromatic rings. The monoisotopic (exact) mass is 480 g/mol. The first-order valence-electron chi connectivity index (χ1n) is 9.32. The largest absolute Gasteiger partial charge is 0.379 e. The Morgan fingerprint density at radius 1 is 1.23 bits per heavy atom. The van der Waals surface area contributed by atoms with Gasteiger partial charge in [0, 0.05) is 29.6 Å². The quantitative estimate of drug-likeness (QED) is 0.424. The average molecular weight is 481 g/mol. The molecule has 31 heavy (non-hydrogen) atoms. The predicted octanol–water partition coefficient (Wildman–Crippen LogP) is 4.07. The number of rotatable bonds is 6. The molecule has 0 aliphatic carbocycles. The summed E-state index contributed by atoms with van der Waals surface area (Å²) in [6, 6.07) is 11.0. The summed E-state index contributed by atoms with van der Waals surface area (Å²) in [6.07, 6.45) is 1.29. The topological polar surface area (TPSA) is 83.9 Å². The predicted molar refractivity (Wildman–Crippen MR) is 120 cm³/mol. The summed E-state index contributed by atoms with van der Waals surface area (Å²) >= 11 is 7.26. The number of benzene rings is 2. The lowest BCUT2D eigenvalue weighted by atomic mass is 10.2. The summed E-state index contributed by atoms with van der Waals surface area (Å²) in [5.41, 5.74) is 4.19. The second-order valence-corrected chi connectivity index (χ2v) is 9.79. The molecule has 0 saturated carbocycles. The highest BCUT2D eigenvalue weighted by atomic mass is 35.5. The van der Waals surface area contributed by atoms with Crippen molar-refractivity contribution in [1.82, 2.24) is 9.29 Å². The molecule has 1 aromatic heterocycles. The Kier molecular flexibility index (Phi) is 6.63. The Bertz CT molecular complexity index is 1190. The van der Waals surface area contributed by atoms with Gasteiger partial charge in [0.15, 0.2) is 0 Å². The Balaban J connectivity index is 1.50. The van der Waals surface area contributed by atoms with Crippen LogP contribution >= 0.6 is 22.9 Å². The van der Waals surface area contributed by atoms with E-state index in [0.717, 1.165) is 0 Å². The van der Waals surface area contributed by atoms with Crippen molar-refractivity contribution in [3.63, 3.8) is 0 Å². The fourth-order valence-electron chi connectivity index (χ4n) is 3.00. The van der Waals surface area contributed by atoms with Crippen molar-refractivity contribution in [2.75, 3.05) is 31.7 Å². The maximum Gasteiger partial charge on any atom is 0.243 e. The van der Waals surface area contributed by atoms with Crippen LogP contribution in [0.15, 0.2) is 57.8 Å². The Labute approximate surface area is 188 Å². The first-order chi connectivity index (χ1) is 14.9. The van der Waals surface area contributed by atoms with Crippen LogP contribution in [0.3, 0.4) is 0 Å². The molecule has 7 nitrogen and oxygen atoms in total. The van der Waals surface area contributed by atoms with Crippen LogP contribution in [0, 0.1) is 5.82 Å². The van der Waals surface area contributed by atoms with Gasteiger partial charge in [0.1, 0.15) is 5.82 Å².